The van der Waals surface area contributed by atoms with Crippen molar-refractivity contribution >= 4 is 0 Å². The molecule has 1 aliphatic heterocycles. The summed E-state index contributed by atoms with van der Waals surface area (Å²) in [6.45, 7) is 10.5. The summed E-state index contributed by atoms with van der Waals surface area (Å²) in [5.74, 6) is 1.63. The molecule has 0 bridgehead atoms. The van der Waals surface area contributed by atoms with Crippen molar-refractivity contribution in [2.24, 2.45) is 0 Å². The first-order valence-electron chi connectivity index (χ1n) is 8.88. The Labute approximate surface area is 146 Å². The maximum atomic E-state index is 5.98. The zero-order valence-corrected chi connectivity index (χ0v) is 16.0. The van der Waals surface area contributed by atoms with Gasteiger partial charge in [-0.1, -0.05) is 6.07 Å². The normalized spacial score (nSPS) is 20.4. The average molecular weight is 335 g/mol. The van der Waals surface area contributed by atoms with Gasteiger partial charge in [0.25, 0.3) is 0 Å². The molecule has 1 N–H and O–H groups in total. The Hall–Kier alpha value is -1.30. The van der Waals surface area contributed by atoms with E-state index in [-0.39, 0.29) is 6.10 Å². The van der Waals surface area contributed by atoms with E-state index in [9.17, 15) is 0 Å². The summed E-state index contributed by atoms with van der Waals surface area (Å²) < 4.78 is 11.4. The van der Waals surface area contributed by atoms with Gasteiger partial charge < -0.3 is 19.7 Å². The maximum Gasteiger partial charge on any atom is 0.161 e. The van der Waals surface area contributed by atoms with Crippen molar-refractivity contribution in [2.75, 3.05) is 47.4 Å². The third-order valence-corrected chi connectivity index (χ3v) is 4.43. The van der Waals surface area contributed by atoms with E-state index in [2.05, 4.69) is 48.3 Å². The van der Waals surface area contributed by atoms with Crippen LogP contribution in [-0.4, -0.2) is 69.3 Å². The fraction of sp³-hybridized carbons (Fsp3) is 0.684. The van der Waals surface area contributed by atoms with Gasteiger partial charge in [0, 0.05) is 38.3 Å². The van der Waals surface area contributed by atoms with Gasteiger partial charge in [0.2, 0.25) is 0 Å². The van der Waals surface area contributed by atoms with Crippen molar-refractivity contribution in [3.05, 3.63) is 23.8 Å². The van der Waals surface area contributed by atoms with E-state index < -0.39 is 0 Å². The molecule has 0 radical (unpaired) electrons. The second kappa shape index (κ2) is 8.70. The number of piperazine rings is 1. The molecule has 1 fully saturated rings. The lowest BCUT2D eigenvalue weighted by Crippen LogP contribution is -2.52. The summed E-state index contributed by atoms with van der Waals surface area (Å²) in [6, 6.07) is 7.22. The number of hydrogen-bond donors (Lipinski definition) is 1. The van der Waals surface area contributed by atoms with Crippen LogP contribution in [0.5, 0.6) is 11.5 Å². The van der Waals surface area contributed by atoms with Gasteiger partial charge >= 0.3 is 0 Å². The lowest BCUT2D eigenvalue weighted by molar-refractivity contribution is 0.0964. The minimum Gasteiger partial charge on any atom is -0.493 e. The fourth-order valence-corrected chi connectivity index (χ4v) is 3.31. The number of hydrogen-bond acceptors (Lipinski definition) is 5. The molecule has 0 aliphatic carbocycles. The van der Waals surface area contributed by atoms with Gasteiger partial charge in [0.05, 0.1) is 13.2 Å². The number of nitrogens with zero attached hydrogens (tertiary/aromatic N) is 2. The first-order valence-corrected chi connectivity index (χ1v) is 8.88. The molecule has 5 heteroatoms. The van der Waals surface area contributed by atoms with E-state index >= 15 is 0 Å². The molecule has 0 aromatic heterocycles. The first kappa shape index (κ1) is 19.0. The molecular weight excluding hydrogens is 302 g/mol. The Morgan fingerprint density at radius 2 is 2.04 bits per heavy atom. The number of likely N-dealkylation sites (N-methyl/N-ethyl adjacent to an activating group) is 1. The lowest BCUT2D eigenvalue weighted by atomic mass is 10.0. The largest absolute Gasteiger partial charge is 0.493 e. The van der Waals surface area contributed by atoms with E-state index in [1.165, 1.54) is 5.56 Å². The second-order valence-electron chi connectivity index (χ2n) is 7.15. The summed E-state index contributed by atoms with van der Waals surface area (Å²) in [4.78, 5) is 4.85. The average Bonchev–Trinajstić information content (AvgIpc) is 2.52. The van der Waals surface area contributed by atoms with Crippen LogP contribution in [0.3, 0.4) is 0 Å². The molecule has 2 rings (SSSR count). The van der Waals surface area contributed by atoms with Crippen molar-refractivity contribution in [2.45, 2.75) is 39.0 Å². The van der Waals surface area contributed by atoms with Gasteiger partial charge in [-0.15, -0.1) is 0 Å². The topological polar surface area (TPSA) is 37.0 Å². The molecule has 5 nitrogen and oxygen atoms in total. The van der Waals surface area contributed by atoms with Gasteiger partial charge in [0.1, 0.15) is 0 Å². The molecule has 1 aromatic carbocycles. The molecule has 1 heterocycles. The third kappa shape index (κ3) is 4.85. The van der Waals surface area contributed by atoms with Crippen molar-refractivity contribution in [3.8, 4) is 11.5 Å². The Morgan fingerprint density at radius 1 is 1.29 bits per heavy atom. The second-order valence-corrected chi connectivity index (χ2v) is 7.15. The summed E-state index contributed by atoms with van der Waals surface area (Å²) in [5, 5.41) is 3.48. The molecule has 1 aliphatic rings. The summed E-state index contributed by atoms with van der Waals surface area (Å²) >= 11 is 0. The SMILES string of the molecule is COc1ccc(C(CN(C)C)N2CCNCC2C)cc1OC(C)C. The van der Waals surface area contributed by atoms with E-state index in [0.717, 1.165) is 37.7 Å². The van der Waals surface area contributed by atoms with Gasteiger partial charge in [-0.25, -0.2) is 0 Å². The smallest absolute Gasteiger partial charge is 0.161 e. The van der Waals surface area contributed by atoms with Crippen LogP contribution in [0.15, 0.2) is 18.2 Å². The first-order chi connectivity index (χ1) is 11.4. The molecule has 1 saturated heterocycles. The van der Waals surface area contributed by atoms with Crippen molar-refractivity contribution < 1.29 is 9.47 Å². The minimum atomic E-state index is 0.125. The van der Waals surface area contributed by atoms with Crippen molar-refractivity contribution in [3.63, 3.8) is 0 Å². The number of rotatable bonds is 7. The van der Waals surface area contributed by atoms with Crippen molar-refractivity contribution in [1.82, 2.24) is 15.1 Å². The van der Waals surface area contributed by atoms with Crippen LogP contribution in [0, 0.1) is 0 Å². The van der Waals surface area contributed by atoms with Crippen molar-refractivity contribution in [1.29, 1.82) is 0 Å². The summed E-state index contributed by atoms with van der Waals surface area (Å²) in [7, 11) is 5.96. The highest BCUT2D eigenvalue weighted by atomic mass is 16.5. The van der Waals surface area contributed by atoms with Crippen LogP contribution in [0.25, 0.3) is 0 Å². The van der Waals surface area contributed by atoms with E-state index in [1.807, 2.05) is 19.9 Å². The Morgan fingerprint density at radius 3 is 2.62 bits per heavy atom. The van der Waals surface area contributed by atoms with Crippen LogP contribution in [0.2, 0.25) is 0 Å². The van der Waals surface area contributed by atoms with Crippen LogP contribution in [0.4, 0.5) is 0 Å². The summed E-state index contributed by atoms with van der Waals surface area (Å²) in [6.07, 6.45) is 0.125. The molecule has 2 atom stereocenters. The minimum absolute atomic E-state index is 0.125. The maximum absolute atomic E-state index is 5.98. The highest BCUT2D eigenvalue weighted by Crippen LogP contribution is 2.34. The molecule has 1 aromatic rings. The molecule has 0 spiro atoms. The van der Waals surface area contributed by atoms with Gasteiger partial charge in [-0.05, 0) is 52.6 Å². The Bertz CT molecular complexity index is 519. The highest BCUT2D eigenvalue weighted by molar-refractivity contribution is 5.44. The monoisotopic (exact) mass is 335 g/mol. The predicted octanol–water partition coefficient (Wildman–Crippen LogP) is 2.38. The standard InChI is InChI=1S/C19H33N3O2/c1-14(2)24-19-11-16(7-8-18(19)23-6)17(13-21(4)5)22-10-9-20-12-15(22)3/h7-8,11,14-15,17,20H,9-10,12-13H2,1-6H3. The zero-order valence-electron chi connectivity index (χ0n) is 16.0. The number of benzene rings is 1. The molecule has 136 valence electrons. The van der Waals surface area contributed by atoms with Gasteiger partial charge in [-0.3, -0.25) is 4.90 Å². The van der Waals surface area contributed by atoms with Gasteiger partial charge in [-0.2, -0.15) is 0 Å². The molecule has 24 heavy (non-hydrogen) atoms. The predicted molar refractivity (Wildman–Crippen MR) is 99.1 cm³/mol. The summed E-state index contributed by atoms with van der Waals surface area (Å²) in [5.41, 5.74) is 1.29. The van der Waals surface area contributed by atoms with E-state index in [0.29, 0.717) is 12.1 Å². The zero-order chi connectivity index (χ0) is 17.7. The molecule has 2 unspecified atom stereocenters. The third-order valence-electron chi connectivity index (χ3n) is 4.43. The van der Waals surface area contributed by atoms with Crippen LogP contribution in [-0.2, 0) is 0 Å². The van der Waals surface area contributed by atoms with Crippen LogP contribution in [0.1, 0.15) is 32.4 Å². The van der Waals surface area contributed by atoms with Crippen LogP contribution >= 0.6 is 0 Å². The molecule has 0 saturated carbocycles. The van der Waals surface area contributed by atoms with E-state index in [1.54, 1.807) is 7.11 Å². The quantitative estimate of drug-likeness (QED) is 0.828. The molecular formula is C19H33N3O2. The lowest BCUT2D eigenvalue weighted by Gasteiger charge is -2.41. The van der Waals surface area contributed by atoms with Crippen LogP contribution < -0.4 is 14.8 Å². The number of ether oxygens (including phenoxy) is 2. The fourth-order valence-electron chi connectivity index (χ4n) is 3.31. The number of nitrogens with one attached hydrogen (secondary N) is 1. The van der Waals surface area contributed by atoms with Gasteiger partial charge in [0.15, 0.2) is 11.5 Å². The Balaban J connectivity index is 2.34. The highest BCUT2D eigenvalue weighted by Gasteiger charge is 2.28. The Kier molecular flexibility index (Phi) is 6.90. The molecule has 0 amide bonds. The number of methoxy groups -OCH3 is 1. The van der Waals surface area contributed by atoms with E-state index in [4.69, 9.17) is 9.47 Å².